The molecule has 0 aromatic carbocycles. The number of hydrogen-bond donors (Lipinski definition) is 0. The third-order valence-electron chi connectivity index (χ3n) is 3.42. The van der Waals surface area contributed by atoms with Gasteiger partial charge in [-0.3, -0.25) is 0 Å². The van der Waals surface area contributed by atoms with E-state index in [0.717, 1.165) is 23.0 Å². The van der Waals surface area contributed by atoms with Crippen LogP contribution in [0.5, 0.6) is 0 Å². The fraction of sp³-hybridized carbons (Fsp3) is 0.462. The Balaban J connectivity index is 1.80. The highest BCUT2D eigenvalue weighted by Gasteiger charge is 2.20. The average molecular weight is 286 g/mol. The zero-order chi connectivity index (χ0) is 13.8. The molecule has 0 unspecified atom stereocenters. The zero-order valence-electron chi connectivity index (χ0n) is 10.9. The summed E-state index contributed by atoms with van der Waals surface area (Å²) >= 11 is 1.41. The van der Waals surface area contributed by atoms with Gasteiger partial charge in [0.1, 0.15) is 16.8 Å². The molecule has 6 nitrogen and oxygen atoms in total. The fourth-order valence-corrected chi connectivity index (χ4v) is 3.27. The van der Waals surface area contributed by atoms with E-state index >= 15 is 0 Å². The van der Waals surface area contributed by atoms with Crippen molar-refractivity contribution in [3.8, 4) is 6.07 Å². The Morgan fingerprint density at radius 3 is 2.90 bits per heavy atom. The van der Waals surface area contributed by atoms with Gasteiger partial charge in [0.05, 0.1) is 6.04 Å². The van der Waals surface area contributed by atoms with Crippen LogP contribution in [0.4, 0.5) is 0 Å². The Labute approximate surface area is 121 Å². The Bertz CT molecular complexity index is 626. The maximum absolute atomic E-state index is 8.88. The maximum atomic E-state index is 8.88. The highest BCUT2D eigenvalue weighted by Crippen LogP contribution is 2.32. The van der Waals surface area contributed by atoms with Crippen molar-refractivity contribution in [2.75, 3.05) is 0 Å². The van der Waals surface area contributed by atoms with Crippen molar-refractivity contribution in [1.29, 1.82) is 5.26 Å². The first-order valence-electron chi connectivity index (χ1n) is 6.69. The summed E-state index contributed by atoms with van der Waals surface area (Å²) in [7, 11) is 0. The van der Waals surface area contributed by atoms with Crippen LogP contribution in [0.15, 0.2) is 28.4 Å². The lowest BCUT2D eigenvalue weighted by Crippen LogP contribution is -2.15. The van der Waals surface area contributed by atoms with Gasteiger partial charge in [-0.15, -0.1) is 5.10 Å². The van der Waals surface area contributed by atoms with E-state index in [1.165, 1.54) is 31.0 Å². The molecule has 0 saturated heterocycles. The van der Waals surface area contributed by atoms with Crippen molar-refractivity contribution in [2.24, 2.45) is 0 Å². The van der Waals surface area contributed by atoms with Crippen LogP contribution in [-0.2, 0) is 0 Å². The summed E-state index contributed by atoms with van der Waals surface area (Å²) in [5, 5.41) is 22.4. The normalized spacial score (nSPS) is 15.9. The summed E-state index contributed by atoms with van der Waals surface area (Å²) in [4.78, 5) is 4.25. The second-order valence-corrected chi connectivity index (χ2v) is 5.76. The lowest BCUT2D eigenvalue weighted by molar-refractivity contribution is 0.307. The summed E-state index contributed by atoms with van der Waals surface area (Å²) < 4.78 is 1.91. The number of nitrogens with zero attached hydrogens (tertiary/aromatic N) is 6. The number of aromatic nitrogens is 5. The Kier molecular flexibility index (Phi) is 3.92. The minimum absolute atomic E-state index is 0.389. The molecule has 0 spiro atoms. The van der Waals surface area contributed by atoms with Gasteiger partial charge in [-0.1, -0.05) is 25.3 Å². The third kappa shape index (κ3) is 2.80. The second kappa shape index (κ2) is 6.01. The van der Waals surface area contributed by atoms with Crippen LogP contribution < -0.4 is 0 Å². The standard InChI is InChI=1S/C13H14N6S/c14-9-10-5-4-8-12(15-10)20-13-16-17-18-19(13)11-6-2-1-3-7-11/h4-5,8,11H,1-3,6-7H2. The van der Waals surface area contributed by atoms with Crippen molar-refractivity contribution in [2.45, 2.75) is 48.3 Å². The molecular formula is C13H14N6S. The molecule has 0 aliphatic heterocycles. The molecule has 3 rings (SSSR count). The van der Waals surface area contributed by atoms with Crippen molar-refractivity contribution in [3.63, 3.8) is 0 Å². The average Bonchev–Trinajstić information content (AvgIpc) is 2.96. The molecule has 0 bridgehead atoms. The van der Waals surface area contributed by atoms with E-state index < -0.39 is 0 Å². The van der Waals surface area contributed by atoms with Crippen molar-refractivity contribution in [3.05, 3.63) is 23.9 Å². The van der Waals surface area contributed by atoms with Crippen LogP contribution in [0.25, 0.3) is 0 Å². The second-order valence-electron chi connectivity index (χ2n) is 4.77. The van der Waals surface area contributed by atoms with Gasteiger partial charge in [-0.25, -0.2) is 9.67 Å². The smallest absolute Gasteiger partial charge is 0.215 e. The molecular weight excluding hydrogens is 272 g/mol. The van der Waals surface area contributed by atoms with Crippen molar-refractivity contribution >= 4 is 11.8 Å². The highest BCUT2D eigenvalue weighted by molar-refractivity contribution is 7.99. The summed E-state index contributed by atoms with van der Waals surface area (Å²) in [6, 6.07) is 7.81. The largest absolute Gasteiger partial charge is 0.230 e. The van der Waals surface area contributed by atoms with E-state index in [1.807, 2.05) is 22.9 Å². The number of hydrogen-bond acceptors (Lipinski definition) is 6. The first kappa shape index (κ1) is 13.1. The lowest BCUT2D eigenvalue weighted by atomic mass is 9.96. The SMILES string of the molecule is N#Cc1cccc(Sc2nnnn2C2CCCCC2)n1. The van der Waals surface area contributed by atoms with Crippen LogP contribution in [0, 0.1) is 11.3 Å². The number of pyridine rings is 1. The zero-order valence-corrected chi connectivity index (χ0v) is 11.8. The fourth-order valence-electron chi connectivity index (χ4n) is 2.43. The molecule has 102 valence electrons. The van der Waals surface area contributed by atoms with Gasteiger partial charge in [0.15, 0.2) is 0 Å². The van der Waals surface area contributed by atoms with Crippen LogP contribution in [0.3, 0.4) is 0 Å². The number of rotatable bonds is 3. The monoisotopic (exact) mass is 286 g/mol. The summed E-state index contributed by atoms with van der Waals surface area (Å²) in [6.07, 6.45) is 6.02. The summed E-state index contributed by atoms with van der Waals surface area (Å²) in [6.45, 7) is 0. The molecule has 1 fully saturated rings. The van der Waals surface area contributed by atoms with Gasteiger partial charge < -0.3 is 0 Å². The predicted molar refractivity (Wildman–Crippen MR) is 73.0 cm³/mol. The molecule has 0 amide bonds. The lowest BCUT2D eigenvalue weighted by Gasteiger charge is -2.21. The quantitative estimate of drug-likeness (QED) is 0.862. The van der Waals surface area contributed by atoms with E-state index in [4.69, 9.17) is 5.26 Å². The van der Waals surface area contributed by atoms with Gasteiger partial charge >= 0.3 is 0 Å². The van der Waals surface area contributed by atoms with E-state index in [9.17, 15) is 0 Å². The van der Waals surface area contributed by atoms with Gasteiger partial charge in [0, 0.05) is 0 Å². The Morgan fingerprint density at radius 1 is 1.25 bits per heavy atom. The van der Waals surface area contributed by atoms with Gasteiger partial charge in [-0.2, -0.15) is 5.26 Å². The molecule has 2 aromatic rings. The molecule has 0 radical (unpaired) electrons. The van der Waals surface area contributed by atoms with Crippen molar-refractivity contribution < 1.29 is 0 Å². The van der Waals surface area contributed by atoms with Gasteiger partial charge in [-0.05, 0) is 47.2 Å². The van der Waals surface area contributed by atoms with E-state index in [1.54, 1.807) is 6.07 Å². The Morgan fingerprint density at radius 2 is 2.10 bits per heavy atom. The van der Waals surface area contributed by atoms with E-state index in [0.29, 0.717) is 11.7 Å². The van der Waals surface area contributed by atoms with Crippen LogP contribution in [-0.4, -0.2) is 25.2 Å². The molecule has 7 heteroatoms. The number of tetrazole rings is 1. The summed E-state index contributed by atoms with van der Waals surface area (Å²) in [5.41, 5.74) is 0.409. The molecule has 1 saturated carbocycles. The van der Waals surface area contributed by atoms with Crippen LogP contribution in [0.2, 0.25) is 0 Å². The molecule has 20 heavy (non-hydrogen) atoms. The van der Waals surface area contributed by atoms with Crippen molar-refractivity contribution in [1.82, 2.24) is 25.2 Å². The first-order valence-corrected chi connectivity index (χ1v) is 7.51. The molecule has 1 aliphatic rings. The first-order chi connectivity index (χ1) is 9.86. The molecule has 1 aliphatic carbocycles. The van der Waals surface area contributed by atoms with Gasteiger partial charge in [0.2, 0.25) is 5.16 Å². The Hall–Kier alpha value is -1.94. The van der Waals surface area contributed by atoms with Crippen LogP contribution in [0.1, 0.15) is 43.8 Å². The third-order valence-corrected chi connectivity index (χ3v) is 4.30. The minimum atomic E-state index is 0.389. The molecule has 0 atom stereocenters. The van der Waals surface area contributed by atoms with E-state index in [2.05, 4.69) is 20.5 Å². The minimum Gasteiger partial charge on any atom is -0.230 e. The molecule has 2 aromatic heterocycles. The van der Waals surface area contributed by atoms with Gasteiger partial charge in [0.25, 0.3) is 0 Å². The number of nitriles is 1. The maximum Gasteiger partial charge on any atom is 0.215 e. The molecule has 2 heterocycles. The predicted octanol–water partition coefficient (Wildman–Crippen LogP) is 2.60. The highest BCUT2D eigenvalue weighted by atomic mass is 32.2. The molecule has 0 N–H and O–H groups in total. The van der Waals surface area contributed by atoms with E-state index in [-0.39, 0.29) is 0 Å². The topological polar surface area (TPSA) is 80.3 Å². The summed E-state index contributed by atoms with van der Waals surface area (Å²) in [5.74, 6) is 0. The van der Waals surface area contributed by atoms with Crippen LogP contribution >= 0.6 is 11.8 Å².